The topological polar surface area (TPSA) is 35.5 Å². The van der Waals surface area contributed by atoms with Crippen LogP contribution in [0.3, 0.4) is 0 Å². The van der Waals surface area contributed by atoms with Crippen LogP contribution in [-0.2, 0) is 14.3 Å². The van der Waals surface area contributed by atoms with Crippen LogP contribution in [0.1, 0.15) is 27.2 Å². The summed E-state index contributed by atoms with van der Waals surface area (Å²) in [7, 11) is 0. The molecule has 15 heavy (non-hydrogen) atoms. The largest absolute Gasteiger partial charge is 0.429 e. The molecule has 0 amide bonds. The van der Waals surface area contributed by atoms with Crippen molar-refractivity contribution >= 4 is 17.7 Å². The number of carbonyl (C=O) groups excluding carboxylic acids is 1. The molecule has 86 valence electrons. The zero-order valence-corrected chi connectivity index (χ0v) is 10.4. The first kappa shape index (κ1) is 12.6. The van der Waals surface area contributed by atoms with Gasteiger partial charge in [-0.25, -0.2) is 4.79 Å². The number of hydrogen-bond acceptors (Lipinski definition) is 4. The molecule has 1 rings (SSSR count). The predicted molar refractivity (Wildman–Crippen MR) is 61.8 cm³/mol. The van der Waals surface area contributed by atoms with E-state index in [9.17, 15) is 4.79 Å². The van der Waals surface area contributed by atoms with Crippen LogP contribution in [0.25, 0.3) is 0 Å². The van der Waals surface area contributed by atoms with Gasteiger partial charge in [0.25, 0.3) is 0 Å². The number of ether oxygens (including phenoxy) is 2. The van der Waals surface area contributed by atoms with E-state index in [1.165, 1.54) is 0 Å². The van der Waals surface area contributed by atoms with Crippen molar-refractivity contribution in [2.75, 3.05) is 12.4 Å². The quantitative estimate of drug-likeness (QED) is 0.539. The highest BCUT2D eigenvalue weighted by atomic mass is 32.2. The van der Waals surface area contributed by atoms with E-state index in [-0.39, 0.29) is 11.2 Å². The van der Waals surface area contributed by atoms with Gasteiger partial charge in [0.2, 0.25) is 5.79 Å². The summed E-state index contributed by atoms with van der Waals surface area (Å²) in [5.41, 5.74) is 0.404. The molecule has 0 N–H and O–H groups in total. The van der Waals surface area contributed by atoms with Gasteiger partial charge in [0.1, 0.15) is 0 Å². The number of rotatable bonds is 2. The van der Waals surface area contributed by atoms with Gasteiger partial charge in [-0.3, -0.25) is 0 Å². The summed E-state index contributed by atoms with van der Waals surface area (Å²) in [4.78, 5) is 11.5. The van der Waals surface area contributed by atoms with Crippen molar-refractivity contribution in [2.45, 2.75) is 38.2 Å². The van der Waals surface area contributed by atoms with E-state index in [0.717, 1.165) is 12.2 Å². The number of thioether (sulfide) groups is 1. The molecule has 2 unspecified atom stereocenters. The summed E-state index contributed by atoms with van der Waals surface area (Å²) in [6.07, 6.45) is 0.995. The molecule has 2 atom stereocenters. The van der Waals surface area contributed by atoms with Crippen LogP contribution in [-0.4, -0.2) is 29.4 Å². The minimum absolute atomic E-state index is 0.142. The lowest BCUT2D eigenvalue weighted by Crippen LogP contribution is -2.42. The monoisotopic (exact) mass is 230 g/mol. The van der Waals surface area contributed by atoms with Crippen LogP contribution in [0.5, 0.6) is 0 Å². The maximum atomic E-state index is 11.5. The molecular formula is C11H18O3S. The Morgan fingerprint density at radius 2 is 2.33 bits per heavy atom. The SMILES string of the molecule is C=C(C)C(=O)OC1(C)OCCCSC1C. The Morgan fingerprint density at radius 1 is 1.67 bits per heavy atom. The van der Waals surface area contributed by atoms with E-state index in [2.05, 4.69) is 6.58 Å². The van der Waals surface area contributed by atoms with Crippen molar-refractivity contribution in [3.63, 3.8) is 0 Å². The van der Waals surface area contributed by atoms with Crippen molar-refractivity contribution in [1.82, 2.24) is 0 Å². The fraction of sp³-hybridized carbons (Fsp3) is 0.727. The molecule has 0 saturated carbocycles. The van der Waals surface area contributed by atoms with Crippen molar-refractivity contribution < 1.29 is 14.3 Å². The van der Waals surface area contributed by atoms with Crippen molar-refractivity contribution in [1.29, 1.82) is 0 Å². The standard InChI is InChI=1S/C11H18O3S/c1-8(2)10(12)14-11(4)9(3)15-7-5-6-13-11/h9H,1,5-7H2,2-4H3. The summed E-state index contributed by atoms with van der Waals surface area (Å²) in [6.45, 7) is 9.67. The molecule has 1 aliphatic heterocycles. The Morgan fingerprint density at radius 3 is 2.93 bits per heavy atom. The molecule has 0 spiro atoms. The zero-order chi connectivity index (χ0) is 11.5. The minimum Gasteiger partial charge on any atom is -0.429 e. The lowest BCUT2D eigenvalue weighted by atomic mass is 10.2. The first-order chi connectivity index (χ1) is 6.96. The second-order valence-electron chi connectivity index (χ2n) is 3.90. The highest BCUT2D eigenvalue weighted by molar-refractivity contribution is 7.99. The molecule has 1 fully saturated rings. The Bertz CT molecular complexity index is 265. The summed E-state index contributed by atoms with van der Waals surface area (Å²) in [5, 5.41) is 0.142. The van der Waals surface area contributed by atoms with Gasteiger partial charge >= 0.3 is 5.97 Å². The molecule has 4 heteroatoms. The molecule has 0 aromatic carbocycles. The number of hydrogen-bond donors (Lipinski definition) is 0. The molecule has 0 bridgehead atoms. The van der Waals surface area contributed by atoms with E-state index in [1.54, 1.807) is 18.7 Å². The molecule has 1 saturated heterocycles. The predicted octanol–water partition coefficient (Wildman–Crippen LogP) is 2.36. The van der Waals surface area contributed by atoms with E-state index < -0.39 is 5.79 Å². The third kappa shape index (κ3) is 3.24. The van der Waals surface area contributed by atoms with E-state index in [1.807, 2.05) is 13.8 Å². The fourth-order valence-electron chi connectivity index (χ4n) is 1.25. The maximum absolute atomic E-state index is 11.5. The van der Waals surface area contributed by atoms with Gasteiger partial charge in [-0.05, 0) is 26.0 Å². The smallest absolute Gasteiger partial charge is 0.335 e. The first-order valence-electron chi connectivity index (χ1n) is 5.10. The van der Waals surface area contributed by atoms with Crippen LogP contribution in [0.4, 0.5) is 0 Å². The molecular weight excluding hydrogens is 212 g/mol. The molecule has 1 aliphatic rings. The van der Waals surface area contributed by atoms with Crippen molar-refractivity contribution in [2.24, 2.45) is 0 Å². The normalized spacial score (nSPS) is 31.8. The molecule has 0 aromatic heterocycles. The van der Waals surface area contributed by atoms with Gasteiger partial charge in [0.15, 0.2) is 0 Å². The third-order valence-corrected chi connectivity index (χ3v) is 3.88. The highest BCUT2D eigenvalue weighted by Gasteiger charge is 2.38. The highest BCUT2D eigenvalue weighted by Crippen LogP contribution is 2.32. The van der Waals surface area contributed by atoms with Gasteiger partial charge < -0.3 is 9.47 Å². The maximum Gasteiger partial charge on any atom is 0.335 e. The average Bonchev–Trinajstić information content (AvgIpc) is 2.30. The number of esters is 1. The summed E-state index contributed by atoms with van der Waals surface area (Å²) < 4.78 is 11.0. The Kier molecular flexibility index (Phi) is 4.22. The minimum atomic E-state index is -0.822. The Hall–Kier alpha value is -0.480. The van der Waals surface area contributed by atoms with Gasteiger partial charge in [-0.1, -0.05) is 6.58 Å². The lowest BCUT2D eigenvalue weighted by Gasteiger charge is -2.32. The summed E-state index contributed by atoms with van der Waals surface area (Å²) in [5.74, 6) is -0.162. The molecule has 0 aliphatic carbocycles. The van der Waals surface area contributed by atoms with Gasteiger partial charge in [0, 0.05) is 12.5 Å². The van der Waals surface area contributed by atoms with Crippen LogP contribution >= 0.6 is 11.8 Å². The van der Waals surface area contributed by atoms with Gasteiger partial charge in [0.05, 0.1) is 11.9 Å². The third-order valence-electron chi connectivity index (χ3n) is 2.43. The van der Waals surface area contributed by atoms with Crippen LogP contribution in [0, 0.1) is 0 Å². The average molecular weight is 230 g/mol. The van der Waals surface area contributed by atoms with Crippen LogP contribution in [0.15, 0.2) is 12.2 Å². The second-order valence-corrected chi connectivity index (χ2v) is 5.35. The second kappa shape index (κ2) is 5.03. The first-order valence-corrected chi connectivity index (χ1v) is 6.15. The van der Waals surface area contributed by atoms with Crippen molar-refractivity contribution in [3.05, 3.63) is 12.2 Å². The zero-order valence-electron chi connectivity index (χ0n) is 9.54. The van der Waals surface area contributed by atoms with E-state index in [0.29, 0.717) is 12.2 Å². The van der Waals surface area contributed by atoms with Gasteiger partial charge in [-0.15, -0.1) is 0 Å². The summed E-state index contributed by atoms with van der Waals surface area (Å²) in [6, 6.07) is 0. The summed E-state index contributed by atoms with van der Waals surface area (Å²) >= 11 is 1.77. The van der Waals surface area contributed by atoms with Crippen LogP contribution in [0.2, 0.25) is 0 Å². The Balaban J connectivity index is 2.69. The van der Waals surface area contributed by atoms with E-state index >= 15 is 0 Å². The fourth-order valence-corrected chi connectivity index (χ4v) is 2.30. The van der Waals surface area contributed by atoms with E-state index in [4.69, 9.17) is 9.47 Å². The molecule has 3 nitrogen and oxygen atoms in total. The molecule has 1 heterocycles. The lowest BCUT2D eigenvalue weighted by molar-refractivity contribution is -0.217. The number of carbonyl (C=O) groups is 1. The molecule has 0 aromatic rings. The van der Waals surface area contributed by atoms with Crippen LogP contribution < -0.4 is 0 Å². The molecule has 0 radical (unpaired) electrons. The Labute approximate surface area is 95.2 Å². The van der Waals surface area contributed by atoms with Gasteiger partial charge in [-0.2, -0.15) is 11.8 Å². The van der Waals surface area contributed by atoms with Crippen molar-refractivity contribution in [3.8, 4) is 0 Å².